The van der Waals surface area contributed by atoms with Crippen LogP contribution in [0.5, 0.6) is 5.75 Å². The van der Waals surface area contributed by atoms with Gasteiger partial charge in [0.2, 0.25) is 5.75 Å². The molecular weight excluding hydrogens is 208 g/mol. The van der Waals surface area contributed by atoms with Gasteiger partial charge in [-0.25, -0.2) is 0 Å². The quantitative estimate of drug-likeness (QED) is 0.479. The van der Waals surface area contributed by atoms with Gasteiger partial charge in [0.25, 0.3) is 0 Å². The van der Waals surface area contributed by atoms with E-state index in [1.165, 1.54) is 6.07 Å². The highest BCUT2D eigenvalue weighted by Crippen LogP contribution is 2.34. The van der Waals surface area contributed by atoms with E-state index in [1.807, 2.05) is 0 Å². The highest BCUT2D eigenvalue weighted by atomic mass is 16.6. The molecule has 0 aliphatic carbocycles. The smallest absolute Gasteiger partial charge is 0.333 e. The molecule has 1 N–H and O–H groups in total. The molecule has 0 saturated carbocycles. The van der Waals surface area contributed by atoms with Crippen LogP contribution in [-0.2, 0) is 0 Å². The number of benzene rings is 1. The first-order valence-electron chi connectivity index (χ1n) is 4.68. The van der Waals surface area contributed by atoms with Gasteiger partial charge in [-0.1, -0.05) is 12.0 Å². The van der Waals surface area contributed by atoms with Crippen molar-refractivity contribution >= 4 is 11.4 Å². The van der Waals surface area contributed by atoms with Crippen molar-refractivity contribution in [2.45, 2.75) is 13.0 Å². The Balaban J connectivity index is 3.18. The average Bonchev–Trinajstić information content (AvgIpc) is 2.28. The lowest BCUT2D eigenvalue weighted by Gasteiger charge is -2.11. The summed E-state index contributed by atoms with van der Waals surface area (Å²) in [4.78, 5) is 10.4. The van der Waals surface area contributed by atoms with Crippen LogP contribution in [0.4, 0.5) is 11.4 Å². The minimum Gasteiger partial charge on any atom is -0.471 e. The maximum Gasteiger partial charge on any atom is 0.333 e. The molecule has 1 aromatic rings. The number of nitro benzene ring substituents is 1. The van der Waals surface area contributed by atoms with Crippen molar-refractivity contribution in [1.29, 1.82) is 0 Å². The third kappa shape index (κ3) is 2.42. The zero-order valence-electron chi connectivity index (χ0n) is 9.06. The molecule has 1 atom stereocenters. The van der Waals surface area contributed by atoms with Crippen molar-refractivity contribution in [2.75, 3.05) is 12.4 Å². The van der Waals surface area contributed by atoms with Crippen LogP contribution in [0.1, 0.15) is 6.92 Å². The molecule has 0 aliphatic rings. The van der Waals surface area contributed by atoms with Gasteiger partial charge in [0.05, 0.1) is 4.92 Å². The summed E-state index contributed by atoms with van der Waals surface area (Å²) in [6, 6.07) is 4.79. The Kier molecular flexibility index (Phi) is 3.72. The van der Waals surface area contributed by atoms with Crippen LogP contribution in [0.3, 0.4) is 0 Å². The zero-order chi connectivity index (χ0) is 12.1. The van der Waals surface area contributed by atoms with Crippen molar-refractivity contribution in [1.82, 2.24) is 0 Å². The SMILES string of the molecule is C#CC(C)Oc1cccc(NC)c1[N+](=O)[O-]. The van der Waals surface area contributed by atoms with Gasteiger partial charge < -0.3 is 10.1 Å². The Morgan fingerprint density at radius 2 is 2.31 bits per heavy atom. The molecule has 0 bridgehead atoms. The van der Waals surface area contributed by atoms with E-state index >= 15 is 0 Å². The summed E-state index contributed by atoms with van der Waals surface area (Å²) in [5, 5.41) is 13.6. The summed E-state index contributed by atoms with van der Waals surface area (Å²) in [5.41, 5.74) is 0.291. The van der Waals surface area contributed by atoms with Gasteiger partial charge in [0.1, 0.15) is 5.69 Å². The molecule has 0 spiro atoms. The van der Waals surface area contributed by atoms with Gasteiger partial charge in [-0.2, -0.15) is 0 Å². The lowest BCUT2D eigenvalue weighted by molar-refractivity contribution is -0.385. The molecule has 0 saturated heterocycles. The Bertz CT molecular complexity index is 437. The molecule has 0 aromatic heterocycles. The molecule has 1 aromatic carbocycles. The molecule has 5 heteroatoms. The summed E-state index contributed by atoms with van der Waals surface area (Å²) >= 11 is 0. The van der Waals surface area contributed by atoms with Crippen molar-refractivity contribution in [3.05, 3.63) is 28.3 Å². The van der Waals surface area contributed by atoms with E-state index in [4.69, 9.17) is 11.2 Å². The summed E-state index contributed by atoms with van der Waals surface area (Å²) in [6.45, 7) is 1.65. The first-order valence-corrected chi connectivity index (χ1v) is 4.68. The normalized spacial score (nSPS) is 11.3. The highest BCUT2D eigenvalue weighted by Gasteiger charge is 2.21. The highest BCUT2D eigenvalue weighted by molar-refractivity contribution is 5.68. The van der Waals surface area contributed by atoms with Gasteiger partial charge in [-0.05, 0) is 19.1 Å². The number of nitrogens with one attached hydrogen (secondary N) is 1. The number of anilines is 1. The zero-order valence-corrected chi connectivity index (χ0v) is 9.06. The van der Waals surface area contributed by atoms with Crippen LogP contribution >= 0.6 is 0 Å². The number of hydrogen-bond donors (Lipinski definition) is 1. The third-order valence-electron chi connectivity index (χ3n) is 1.99. The summed E-state index contributed by atoms with van der Waals surface area (Å²) in [5.74, 6) is 2.52. The molecular formula is C11H12N2O3. The van der Waals surface area contributed by atoms with Crippen LogP contribution < -0.4 is 10.1 Å². The van der Waals surface area contributed by atoms with E-state index in [0.29, 0.717) is 5.69 Å². The Morgan fingerprint density at radius 1 is 1.62 bits per heavy atom. The number of nitro groups is 1. The van der Waals surface area contributed by atoms with Crippen LogP contribution in [0, 0.1) is 22.5 Å². The monoisotopic (exact) mass is 220 g/mol. The second-order valence-electron chi connectivity index (χ2n) is 3.09. The first kappa shape index (κ1) is 11.9. The molecule has 5 nitrogen and oxygen atoms in total. The number of ether oxygens (including phenoxy) is 1. The van der Waals surface area contributed by atoms with E-state index in [2.05, 4.69) is 11.2 Å². The topological polar surface area (TPSA) is 64.4 Å². The minimum absolute atomic E-state index is 0.105. The van der Waals surface area contributed by atoms with Crippen LogP contribution in [0.2, 0.25) is 0 Å². The second kappa shape index (κ2) is 5.03. The van der Waals surface area contributed by atoms with Gasteiger partial charge in [0.15, 0.2) is 6.10 Å². The number of hydrogen-bond acceptors (Lipinski definition) is 4. The number of nitrogens with zero attached hydrogens (tertiary/aromatic N) is 1. The maximum absolute atomic E-state index is 10.9. The Hall–Kier alpha value is -2.22. The van der Waals surface area contributed by atoms with Crippen molar-refractivity contribution < 1.29 is 9.66 Å². The van der Waals surface area contributed by atoms with E-state index in [9.17, 15) is 10.1 Å². The lowest BCUT2D eigenvalue weighted by atomic mass is 10.2. The van der Waals surface area contributed by atoms with E-state index in [-0.39, 0.29) is 11.4 Å². The molecule has 0 fully saturated rings. The largest absolute Gasteiger partial charge is 0.471 e. The molecule has 0 radical (unpaired) electrons. The molecule has 84 valence electrons. The van der Waals surface area contributed by atoms with Gasteiger partial charge in [0, 0.05) is 7.05 Å². The minimum atomic E-state index is -0.509. The number of rotatable bonds is 4. The molecule has 1 rings (SSSR count). The standard InChI is InChI=1S/C11H12N2O3/c1-4-8(2)16-10-7-5-6-9(12-3)11(10)13(14)15/h1,5-8,12H,2-3H3. The molecule has 0 amide bonds. The Labute approximate surface area is 93.6 Å². The van der Waals surface area contributed by atoms with Crippen molar-refractivity contribution in [3.8, 4) is 18.1 Å². The third-order valence-corrected chi connectivity index (χ3v) is 1.99. The number of terminal acetylenes is 1. The van der Waals surface area contributed by atoms with Gasteiger partial charge >= 0.3 is 5.69 Å². The predicted molar refractivity (Wildman–Crippen MR) is 61.6 cm³/mol. The molecule has 16 heavy (non-hydrogen) atoms. The fourth-order valence-electron chi connectivity index (χ4n) is 1.23. The van der Waals surface area contributed by atoms with Crippen LogP contribution in [0.15, 0.2) is 18.2 Å². The van der Waals surface area contributed by atoms with Gasteiger partial charge in [-0.3, -0.25) is 10.1 Å². The summed E-state index contributed by atoms with van der Waals surface area (Å²) < 4.78 is 5.28. The van der Waals surface area contributed by atoms with Gasteiger partial charge in [-0.15, -0.1) is 6.42 Å². The average molecular weight is 220 g/mol. The van der Waals surface area contributed by atoms with Crippen molar-refractivity contribution in [2.24, 2.45) is 0 Å². The second-order valence-corrected chi connectivity index (χ2v) is 3.09. The number of para-hydroxylation sites is 1. The molecule has 0 heterocycles. The van der Waals surface area contributed by atoms with E-state index in [0.717, 1.165) is 0 Å². The van der Waals surface area contributed by atoms with E-state index < -0.39 is 11.0 Å². The molecule has 0 aliphatic heterocycles. The predicted octanol–water partition coefficient (Wildman–Crippen LogP) is 2.04. The summed E-state index contributed by atoms with van der Waals surface area (Å²) in [7, 11) is 1.61. The van der Waals surface area contributed by atoms with Crippen molar-refractivity contribution in [3.63, 3.8) is 0 Å². The fourth-order valence-corrected chi connectivity index (χ4v) is 1.23. The summed E-state index contributed by atoms with van der Waals surface area (Å²) in [6.07, 6.45) is 4.65. The Morgan fingerprint density at radius 3 is 2.81 bits per heavy atom. The molecule has 1 unspecified atom stereocenters. The fraction of sp³-hybridized carbons (Fsp3) is 0.273. The lowest BCUT2D eigenvalue weighted by Crippen LogP contribution is -2.10. The maximum atomic E-state index is 10.9. The van der Waals surface area contributed by atoms with E-state index in [1.54, 1.807) is 26.1 Å². The first-order chi connectivity index (χ1) is 7.60. The van der Waals surface area contributed by atoms with Crippen LogP contribution in [-0.4, -0.2) is 18.1 Å². The van der Waals surface area contributed by atoms with Crippen LogP contribution in [0.25, 0.3) is 0 Å².